The minimum atomic E-state index is -0.488. The smallest absolute Gasteiger partial charge is 0.238 e. The van der Waals surface area contributed by atoms with Gasteiger partial charge in [-0.25, -0.2) is 4.39 Å². The molecule has 0 aliphatic rings. The summed E-state index contributed by atoms with van der Waals surface area (Å²) in [6.07, 6.45) is 0.300. The highest BCUT2D eigenvalue weighted by molar-refractivity contribution is 9.10. The van der Waals surface area contributed by atoms with Crippen LogP contribution in [0.25, 0.3) is 0 Å². The molecule has 0 aromatic heterocycles. The summed E-state index contributed by atoms with van der Waals surface area (Å²) in [7, 11) is 0. The lowest BCUT2D eigenvalue weighted by atomic mass is 10.1. The van der Waals surface area contributed by atoms with E-state index >= 15 is 0 Å². The summed E-state index contributed by atoms with van der Waals surface area (Å²) < 4.78 is 14.5. The molecule has 2 aromatic carbocycles. The van der Waals surface area contributed by atoms with Crippen molar-refractivity contribution < 1.29 is 9.18 Å². The normalized spacial score (nSPS) is 12.0. The van der Waals surface area contributed by atoms with Crippen molar-refractivity contribution in [3.63, 3.8) is 0 Å². The minimum Gasteiger partial charge on any atom is -0.325 e. The van der Waals surface area contributed by atoms with Gasteiger partial charge in [0.1, 0.15) is 5.82 Å². The topological polar surface area (TPSA) is 29.1 Å². The predicted molar refractivity (Wildman–Crippen MR) is 90.3 cm³/mol. The first-order valence-electron chi connectivity index (χ1n) is 6.42. The standard InChI is InChI=1S/C16H14Br2FNO/c1-10-8-12(17)6-7-15(10)20-16(21)13(18)9-11-4-2-3-5-14(11)19/h2-8,13H,9H2,1H3,(H,20,21). The number of carbonyl (C=O) groups is 1. The Bertz CT molecular complexity index is 660. The second-order valence-electron chi connectivity index (χ2n) is 4.71. The third kappa shape index (κ3) is 4.38. The summed E-state index contributed by atoms with van der Waals surface area (Å²) in [5.74, 6) is -0.488. The Labute approximate surface area is 140 Å². The van der Waals surface area contributed by atoms with E-state index in [2.05, 4.69) is 37.2 Å². The van der Waals surface area contributed by atoms with E-state index in [-0.39, 0.29) is 11.7 Å². The van der Waals surface area contributed by atoms with E-state index in [4.69, 9.17) is 0 Å². The molecule has 0 saturated carbocycles. The number of anilines is 1. The Kier molecular flexibility index (Phi) is 5.53. The molecule has 0 saturated heterocycles. The van der Waals surface area contributed by atoms with Crippen molar-refractivity contribution in [3.05, 3.63) is 63.9 Å². The maximum absolute atomic E-state index is 13.6. The van der Waals surface area contributed by atoms with E-state index in [0.717, 1.165) is 15.7 Å². The third-order valence-electron chi connectivity index (χ3n) is 3.09. The molecule has 1 atom stereocenters. The van der Waals surface area contributed by atoms with Gasteiger partial charge in [0, 0.05) is 10.2 Å². The first-order chi connectivity index (χ1) is 9.97. The van der Waals surface area contributed by atoms with E-state index in [9.17, 15) is 9.18 Å². The highest BCUT2D eigenvalue weighted by atomic mass is 79.9. The molecule has 1 N–H and O–H groups in total. The summed E-state index contributed by atoms with van der Waals surface area (Å²) in [4.78, 5) is 11.7. The molecule has 0 bridgehead atoms. The average molecular weight is 415 g/mol. The van der Waals surface area contributed by atoms with Crippen LogP contribution in [-0.2, 0) is 11.2 Å². The number of hydrogen-bond donors (Lipinski definition) is 1. The van der Waals surface area contributed by atoms with Crippen molar-refractivity contribution in [2.24, 2.45) is 0 Å². The average Bonchev–Trinajstić information content (AvgIpc) is 2.44. The number of benzene rings is 2. The predicted octanol–water partition coefficient (Wildman–Crippen LogP) is 4.84. The Balaban J connectivity index is 2.04. The second kappa shape index (κ2) is 7.18. The quantitative estimate of drug-likeness (QED) is 0.712. The number of hydrogen-bond acceptors (Lipinski definition) is 1. The molecule has 2 aromatic rings. The van der Waals surface area contributed by atoms with Crippen molar-refractivity contribution >= 4 is 43.5 Å². The lowest BCUT2D eigenvalue weighted by Gasteiger charge is -2.13. The van der Waals surface area contributed by atoms with Crippen LogP contribution in [0, 0.1) is 12.7 Å². The molecule has 0 heterocycles. The summed E-state index contributed by atoms with van der Waals surface area (Å²) in [6.45, 7) is 1.92. The van der Waals surface area contributed by atoms with E-state index in [0.29, 0.717) is 12.0 Å². The number of carbonyl (C=O) groups excluding carboxylic acids is 1. The fourth-order valence-corrected chi connectivity index (χ4v) is 2.87. The van der Waals surface area contributed by atoms with Crippen LogP contribution in [0.4, 0.5) is 10.1 Å². The number of aryl methyl sites for hydroxylation is 1. The van der Waals surface area contributed by atoms with E-state index in [1.165, 1.54) is 6.07 Å². The molecular weight excluding hydrogens is 401 g/mol. The van der Waals surface area contributed by atoms with Crippen LogP contribution in [0.3, 0.4) is 0 Å². The van der Waals surface area contributed by atoms with Crippen molar-refractivity contribution in [1.82, 2.24) is 0 Å². The van der Waals surface area contributed by atoms with E-state index in [1.807, 2.05) is 25.1 Å². The van der Waals surface area contributed by atoms with Gasteiger partial charge in [0.2, 0.25) is 5.91 Å². The molecular formula is C16H14Br2FNO. The molecule has 0 radical (unpaired) electrons. The summed E-state index contributed by atoms with van der Waals surface area (Å²) in [5, 5.41) is 2.85. The van der Waals surface area contributed by atoms with Gasteiger partial charge in [0.05, 0.1) is 4.83 Å². The van der Waals surface area contributed by atoms with Gasteiger partial charge < -0.3 is 5.32 Å². The van der Waals surface area contributed by atoms with Crippen LogP contribution in [0.5, 0.6) is 0 Å². The van der Waals surface area contributed by atoms with Crippen LogP contribution < -0.4 is 5.32 Å². The fourth-order valence-electron chi connectivity index (χ4n) is 1.93. The monoisotopic (exact) mass is 413 g/mol. The summed E-state index contributed by atoms with van der Waals surface area (Å²) in [6, 6.07) is 12.1. The number of amides is 1. The molecule has 5 heteroatoms. The highest BCUT2D eigenvalue weighted by Gasteiger charge is 2.18. The van der Waals surface area contributed by atoms with Gasteiger partial charge in [0.25, 0.3) is 0 Å². The molecule has 2 rings (SSSR count). The van der Waals surface area contributed by atoms with Gasteiger partial charge >= 0.3 is 0 Å². The second-order valence-corrected chi connectivity index (χ2v) is 6.73. The van der Waals surface area contributed by atoms with E-state index in [1.54, 1.807) is 18.2 Å². The van der Waals surface area contributed by atoms with E-state index < -0.39 is 4.83 Å². The van der Waals surface area contributed by atoms with Crippen molar-refractivity contribution in [3.8, 4) is 0 Å². The fraction of sp³-hybridized carbons (Fsp3) is 0.188. The first-order valence-corrected chi connectivity index (χ1v) is 8.12. The van der Waals surface area contributed by atoms with Crippen LogP contribution in [0.1, 0.15) is 11.1 Å². The summed E-state index contributed by atoms with van der Waals surface area (Å²) in [5.41, 5.74) is 2.23. The zero-order valence-electron chi connectivity index (χ0n) is 11.4. The molecule has 2 nitrogen and oxygen atoms in total. The SMILES string of the molecule is Cc1cc(Br)ccc1NC(=O)C(Br)Cc1ccccc1F. The Morgan fingerprint density at radius 3 is 2.67 bits per heavy atom. The largest absolute Gasteiger partial charge is 0.325 e. The lowest BCUT2D eigenvalue weighted by Crippen LogP contribution is -2.25. The Hall–Kier alpha value is -1.20. The van der Waals surface area contributed by atoms with Gasteiger partial charge in [-0.15, -0.1) is 0 Å². The molecule has 1 unspecified atom stereocenters. The Morgan fingerprint density at radius 1 is 1.29 bits per heavy atom. The van der Waals surface area contributed by atoms with Crippen molar-refractivity contribution in [2.75, 3.05) is 5.32 Å². The van der Waals surface area contributed by atoms with Crippen LogP contribution in [0.15, 0.2) is 46.9 Å². The number of halogens is 3. The van der Waals surface area contributed by atoms with Crippen molar-refractivity contribution in [1.29, 1.82) is 0 Å². The molecule has 1 amide bonds. The highest BCUT2D eigenvalue weighted by Crippen LogP contribution is 2.21. The molecule has 0 spiro atoms. The lowest BCUT2D eigenvalue weighted by molar-refractivity contribution is -0.115. The van der Waals surface area contributed by atoms with Gasteiger partial charge in [-0.3, -0.25) is 4.79 Å². The first kappa shape index (κ1) is 16.2. The number of rotatable bonds is 4. The van der Waals surface area contributed by atoms with Gasteiger partial charge in [-0.2, -0.15) is 0 Å². The van der Waals surface area contributed by atoms with Crippen LogP contribution in [-0.4, -0.2) is 10.7 Å². The zero-order valence-corrected chi connectivity index (χ0v) is 14.5. The maximum atomic E-state index is 13.6. The zero-order chi connectivity index (χ0) is 15.4. The molecule has 0 aliphatic heterocycles. The van der Waals surface area contributed by atoms with Crippen LogP contribution >= 0.6 is 31.9 Å². The van der Waals surface area contributed by atoms with Gasteiger partial charge in [-0.1, -0.05) is 50.1 Å². The van der Waals surface area contributed by atoms with Gasteiger partial charge in [0.15, 0.2) is 0 Å². The minimum absolute atomic E-state index is 0.191. The number of alkyl halides is 1. The maximum Gasteiger partial charge on any atom is 0.238 e. The Morgan fingerprint density at radius 2 is 2.00 bits per heavy atom. The van der Waals surface area contributed by atoms with Crippen molar-refractivity contribution in [2.45, 2.75) is 18.2 Å². The summed E-state index contributed by atoms with van der Waals surface area (Å²) >= 11 is 6.70. The molecule has 110 valence electrons. The molecule has 0 fully saturated rings. The third-order valence-corrected chi connectivity index (χ3v) is 4.32. The van der Waals surface area contributed by atoms with Gasteiger partial charge in [-0.05, 0) is 48.7 Å². The van der Waals surface area contributed by atoms with Crippen LogP contribution in [0.2, 0.25) is 0 Å². The molecule has 0 aliphatic carbocycles. The molecule has 21 heavy (non-hydrogen) atoms. The number of nitrogens with one attached hydrogen (secondary N) is 1.